The van der Waals surface area contributed by atoms with Crippen molar-refractivity contribution in [3.05, 3.63) is 94.4 Å². The summed E-state index contributed by atoms with van der Waals surface area (Å²) in [5.74, 6) is -0.723. The van der Waals surface area contributed by atoms with Gasteiger partial charge in [0.15, 0.2) is 0 Å². The molecule has 124 valence electrons. The molecule has 1 aliphatic rings. The van der Waals surface area contributed by atoms with Crippen LogP contribution in [0.5, 0.6) is 0 Å². The lowest BCUT2D eigenvalue weighted by atomic mass is 10.0. The number of imide groups is 1. The van der Waals surface area contributed by atoms with Crippen molar-refractivity contribution in [3.63, 3.8) is 0 Å². The van der Waals surface area contributed by atoms with Crippen molar-refractivity contribution in [2.75, 3.05) is 4.90 Å². The molecule has 0 saturated heterocycles. The molecule has 0 bridgehead atoms. The summed E-state index contributed by atoms with van der Waals surface area (Å²) < 4.78 is 0. The van der Waals surface area contributed by atoms with E-state index in [1.807, 2.05) is 12.1 Å². The van der Waals surface area contributed by atoms with Crippen LogP contribution in [0.4, 0.5) is 11.4 Å². The Labute approximate surface area is 148 Å². The van der Waals surface area contributed by atoms with Gasteiger partial charge in [-0.25, -0.2) is 4.90 Å². The lowest BCUT2D eigenvalue weighted by molar-refractivity contribution is 0.0926. The lowest BCUT2D eigenvalue weighted by Gasteiger charge is -2.19. The van der Waals surface area contributed by atoms with Crippen LogP contribution < -0.4 is 4.90 Å². The van der Waals surface area contributed by atoms with E-state index < -0.39 is 0 Å². The summed E-state index contributed by atoms with van der Waals surface area (Å²) in [6.07, 6.45) is 0. The van der Waals surface area contributed by atoms with E-state index in [9.17, 15) is 9.59 Å². The summed E-state index contributed by atoms with van der Waals surface area (Å²) in [4.78, 5) is 29.7. The summed E-state index contributed by atoms with van der Waals surface area (Å²) in [5, 5.41) is 3.72. The molecule has 3 aromatic carbocycles. The molecule has 0 fully saturated rings. The third kappa shape index (κ3) is 2.33. The highest BCUT2D eigenvalue weighted by atomic mass is 16.2. The minimum absolute atomic E-state index is 0.362. The van der Waals surface area contributed by atoms with Gasteiger partial charge < -0.3 is 0 Å². The van der Waals surface area contributed by atoms with Crippen LogP contribution in [-0.4, -0.2) is 11.8 Å². The Morgan fingerprint density at radius 3 is 1.81 bits per heavy atom. The number of anilines is 1. The summed E-state index contributed by atoms with van der Waals surface area (Å²) in [7, 11) is 0. The second-order valence-electron chi connectivity index (χ2n) is 5.72. The Morgan fingerprint density at radius 2 is 1.19 bits per heavy atom. The normalized spacial score (nSPS) is 12.7. The highest BCUT2D eigenvalue weighted by Gasteiger charge is 2.37. The maximum Gasteiger partial charge on any atom is 0.266 e. The Bertz CT molecular complexity index is 1070. The monoisotopic (exact) mass is 340 g/mol. The largest absolute Gasteiger partial charge is 0.268 e. The van der Waals surface area contributed by atoms with Gasteiger partial charge in [-0.1, -0.05) is 59.7 Å². The molecular formula is C20H12N4O2. The zero-order chi connectivity index (χ0) is 18.1. The second kappa shape index (κ2) is 6.20. The summed E-state index contributed by atoms with van der Waals surface area (Å²) >= 11 is 0. The van der Waals surface area contributed by atoms with Gasteiger partial charge in [-0.15, -0.1) is 0 Å². The minimum atomic E-state index is -0.362. The molecule has 0 unspecified atom stereocenters. The van der Waals surface area contributed by atoms with Gasteiger partial charge in [0.1, 0.15) is 0 Å². The van der Waals surface area contributed by atoms with Gasteiger partial charge in [0.2, 0.25) is 0 Å². The Balaban J connectivity index is 1.91. The highest BCUT2D eigenvalue weighted by molar-refractivity contribution is 6.35. The first kappa shape index (κ1) is 15.6. The van der Waals surface area contributed by atoms with Crippen molar-refractivity contribution in [2.45, 2.75) is 0 Å². The molecule has 0 spiro atoms. The fraction of sp³-hybridized carbons (Fsp3) is 0. The van der Waals surface area contributed by atoms with E-state index in [0.29, 0.717) is 33.6 Å². The van der Waals surface area contributed by atoms with Crippen LogP contribution in [-0.2, 0) is 0 Å². The van der Waals surface area contributed by atoms with E-state index in [-0.39, 0.29) is 11.8 Å². The van der Waals surface area contributed by atoms with Gasteiger partial charge in [0.25, 0.3) is 11.8 Å². The molecule has 0 radical (unpaired) electrons. The molecule has 0 atom stereocenters. The molecule has 3 aromatic rings. The Kier molecular flexibility index (Phi) is 3.73. The summed E-state index contributed by atoms with van der Waals surface area (Å²) in [6.45, 7) is 0. The first-order chi connectivity index (χ1) is 12.7. The van der Waals surface area contributed by atoms with E-state index in [2.05, 4.69) is 10.0 Å². The van der Waals surface area contributed by atoms with E-state index in [0.717, 1.165) is 0 Å². The molecule has 1 aliphatic heterocycles. The number of azide groups is 1. The van der Waals surface area contributed by atoms with Crippen molar-refractivity contribution in [3.8, 4) is 11.1 Å². The molecule has 0 N–H and O–H groups in total. The minimum Gasteiger partial charge on any atom is -0.268 e. The predicted molar refractivity (Wildman–Crippen MR) is 98.3 cm³/mol. The number of benzene rings is 3. The van der Waals surface area contributed by atoms with E-state index in [1.54, 1.807) is 60.7 Å². The van der Waals surface area contributed by atoms with Crippen molar-refractivity contribution < 1.29 is 9.59 Å². The Hall–Kier alpha value is -3.89. The SMILES string of the molecule is [N-]=[N+]=Nc1ccccc1-c1ccccc1N1C(=O)c2ccccc2C1=O. The predicted octanol–water partition coefficient (Wildman–Crippen LogP) is 5.10. The van der Waals surface area contributed by atoms with Gasteiger partial charge in [-0.05, 0) is 29.3 Å². The number of hydrogen-bond acceptors (Lipinski definition) is 3. The first-order valence-corrected chi connectivity index (χ1v) is 7.93. The van der Waals surface area contributed by atoms with Gasteiger partial charge in [0.05, 0.1) is 16.8 Å². The number of carbonyl (C=O) groups is 2. The van der Waals surface area contributed by atoms with Crippen LogP contribution >= 0.6 is 0 Å². The third-order valence-corrected chi connectivity index (χ3v) is 4.29. The molecule has 1 heterocycles. The number of carbonyl (C=O) groups excluding carboxylic acids is 2. The quantitative estimate of drug-likeness (QED) is 0.287. The van der Waals surface area contributed by atoms with Crippen LogP contribution in [0.3, 0.4) is 0 Å². The number of nitrogens with zero attached hydrogens (tertiary/aromatic N) is 4. The molecule has 0 saturated carbocycles. The fourth-order valence-electron chi connectivity index (χ4n) is 3.14. The maximum atomic E-state index is 12.8. The van der Waals surface area contributed by atoms with Crippen LogP contribution in [0.25, 0.3) is 21.6 Å². The number of amides is 2. The molecule has 2 amide bonds. The first-order valence-electron chi connectivity index (χ1n) is 7.93. The highest BCUT2D eigenvalue weighted by Crippen LogP contribution is 2.39. The fourth-order valence-corrected chi connectivity index (χ4v) is 3.14. The van der Waals surface area contributed by atoms with Crippen molar-refractivity contribution in [2.24, 2.45) is 5.11 Å². The molecule has 0 aliphatic carbocycles. The maximum absolute atomic E-state index is 12.8. The van der Waals surface area contributed by atoms with Gasteiger partial charge in [-0.3, -0.25) is 9.59 Å². The molecule has 6 nitrogen and oxygen atoms in total. The van der Waals surface area contributed by atoms with E-state index in [1.165, 1.54) is 4.90 Å². The molecular weight excluding hydrogens is 328 g/mol. The smallest absolute Gasteiger partial charge is 0.266 e. The van der Waals surface area contributed by atoms with E-state index in [4.69, 9.17) is 5.53 Å². The topological polar surface area (TPSA) is 86.1 Å². The van der Waals surface area contributed by atoms with Crippen LogP contribution in [0.15, 0.2) is 77.9 Å². The van der Waals surface area contributed by atoms with Crippen molar-refractivity contribution in [1.29, 1.82) is 0 Å². The summed E-state index contributed by atoms with van der Waals surface area (Å²) in [5.41, 5.74) is 11.8. The van der Waals surface area contributed by atoms with Crippen molar-refractivity contribution >= 4 is 23.2 Å². The number of rotatable bonds is 3. The van der Waals surface area contributed by atoms with E-state index >= 15 is 0 Å². The standard InChI is InChI=1S/C20H12N4O2/c21-23-22-17-11-5-3-7-13(17)14-8-4-6-12-18(14)24-19(25)15-9-1-2-10-16(15)20(24)26/h1-12H. The second-order valence-corrected chi connectivity index (χ2v) is 5.72. The average Bonchev–Trinajstić information content (AvgIpc) is 2.94. The van der Waals surface area contributed by atoms with Crippen LogP contribution in [0.2, 0.25) is 0 Å². The van der Waals surface area contributed by atoms with Gasteiger partial charge >= 0.3 is 0 Å². The molecule has 4 rings (SSSR count). The van der Waals surface area contributed by atoms with Crippen LogP contribution in [0, 0.1) is 0 Å². The van der Waals surface area contributed by atoms with Gasteiger partial charge in [0, 0.05) is 16.2 Å². The summed E-state index contributed by atoms with van der Waals surface area (Å²) in [6, 6.07) is 20.9. The van der Waals surface area contributed by atoms with Gasteiger partial charge in [-0.2, -0.15) is 0 Å². The van der Waals surface area contributed by atoms with Crippen molar-refractivity contribution in [1.82, 2.24) is 0 Å². The average molecular weight is 340 g/mol. The molecule has 0 aromatic heterocycles. The number of hydrogen-bond donors (Lipinski definition) is 0. The third-order valence-electron chi connectivity index (χ3n) is 4.29. The lowest BCUT2D eigenvalue weighted by Crippen LogP contribution is -2.29. The zero-order valence-corrected chi connectivity index (χ0v) is 13.5. The Morgan fingerprint density at radius 1 is 0.692 bits per heavy atom. The zero-order valence-electron chi connectivity index (χ0n) is 13.5. The molecule has 26 heavy (non-hydrogen) atoms. The number of para-hydroxylation sites is 1. The number of fused-ring (bicyclic) bond motifs is 1. The van der Waals surface area contributed by atoms with Crippen LogP contribution in [0.1, 0.15) is 20.7 Å². The molecule has 6 heteroatoms.